The molecule has 1 N–H and O–H groups in total. The van der Waals surface area contributed by atoms with Crippen LogP contribution in [0.3, 0.4) is 0 Å². The summed E-state index contributed by atoms with van der Waals surface area (Å²) in [5.74, 6) is 0.0970. The van der Waals surface area contributed by atoms with Crippen molar-refractivity contribution in [2.75, 3.05) is 20.8 Å². The minimum absolute atomic E-state index is 0.0460. The number of esters is 1. The van der Waals surface area contributed by atoms with Crippen LogP contribution >= 0.6 is 0 Å². The predicted octanol–water partition coefficient (Wildman–Crippen LogP) is 2.37. The molecule has 2 amide bonds. The summed E-state index contributed by atoms with van der Waals surface area (Å²) in [5.41, 5.74) is 0.464. The third-order valence-corrected chi connectivity index (χ3v) is 7.03. The van der Waals surface area contributed by atoms with Crippen LogP contribution in [0.5, 0.6) is 5.75 Å². The summed E-state index contributed by atoms with van der Waals surface area (Å²) in [5, 5.41) is 4.01. The number of nitrogens with one attached hydrogen (secondary N) is 1. The number of benzene rings is 1. The number of hydrogen-bond acceptors (Lipinski definition) is 6. The normalized spacial score (nSPS) is 17.1. The Balaban J connectivity index is 2.06. The van der Waals surface area contributed by atoms with Gasteiger partial charge in [0.25, 0.3) is 0 Å². The summed E-state index contributed by atoms with van der Waals surface area (Å²) < 4.78 is 15.4. The van der Waals surface area contributed by atoms with Crippen LogP contribution in [0.1, 0.15) is 39.2 Å². The number of likely N-dealkylation sites (tertiary alicyclic amines) is 1. The van der Waals surface area contributed by atoms with E-state index in [0.29, 0.717) is 18.3 Å². The van der Waals surface area contributed by atoms with Crippen molar-refractivity contribution in [2.24, 2.45) is 0 Å². The van der Waals surface area contributed by atoms with Crippen molar-refractivity contribution in [1.29, 1.82) is 0 Å². The zero-order valence-corrected chi connectivity index (χ0v) is 20.5. The van der Waals surface area contributed by atoms with E-state index in [2.05, 4.69) is 5.32 Å². The molecule has 0 spiro atoms. The number of nitrogens with zero attached hydrogens (tertiary/aromatic N) is 1. The van der Waals surface area contributed by atoms with E-state index in [0.717, 1.165) is 23.1 Å². The van der Waals surface area contributed by atoms with E-state index in [9.17, 15) is 14.4 Å². The average Bonchev–Trinajstić information content (AvgIpc) is 3.21. The molecule has 1 aromatic rings. The number of alkyl carbamates (subject to hydrolysis) is 1. The molecular formula is C22H32N2O6Se. The molecule has 31 heavy (non-hydrogen) atoms. The molecule has 0 unspecified atom stereocenters. The average molecular weight is 499 g/mol. The molecule has 1 fully saturated rings. The number of carbonyl (C=O) groups excluding carboxylic acids is 3. The van der Waals surface area contributed by atoms with Gasteiger partial charge in [-0.25, -0.2) is 0 Å². The van der Waals surface area contributed by atoms with Gasteiger partial charge in [0.1, 0.15) is 0 Å². The molecule has 1 aliphatic heterocycles. The van der Waals surface area contributed by atoms with Gasteiger partial charge in [-0.05, 0) is 0 Å². The number of ether oxygens (including phenoxy) is 3. The molecular weight excluding hydrogens is 467 g/mol. The molecule has 1 aliphatic rings. The van der Waals surface area contributed by atoms with E-state index >= 15 is 0 Å². The van der Waals surface area contributed by atoms with Crippen LogP contribution in [-0.2, 0) is 24.4 Å². The summed E-state index contributed by atoms with van der Waals surface area (Å²) >= 11 is 0.0460. The van der Waals surface area contributed by atoms with E-state index < -0.39 is 29.7 Å². The topological polar surface area (TPSA) is 94.2 Å². The molecule has 172 valence electrons. The first-order valence-corrected chi connectivity index (χ1v) is 12.7. The molecule has 0 bridgehead atoms. The van der Waals surface area contributed by atoms with Crippen LogP contribution in [0.25, 0.3) is 0 Å². The van der Waals surface area contributed by atoms with E-state index in [1.165, 1.54) is 12.0 Å². The van der Waals surface area contributed by atoms with Crippen LogP contribution in [0.4, 0.5) is 4.79 Å². The van der Waals surface area contributed by atoms with Gasteiger partial charge in [-0.2, -0.15) is 0 Å². The van der Waals surface area contributed by atoms with Crippen LogP contribution in [0, 0.1) is 0 Å². The van der Waals surface area contributed by atoms with Crippen molar-refractivity contribution in [3.05, 3.63) is 29.8 Å². The molecule has 1 aromatic carbocycles. The van der Waals surface area contributed by atoms with Crippen LogP contribution in [0.15, 0.2) is 24.3 Å². The fourth-order valence-corrected chi connectivity index (χ4v) is 5.37. The SMILES string of the molecule is COC(=O)[C@@H]1CCCN1C(=O)[C@@H](C[Se]Cc1ccc(OC)cc1)NC(=O)OC(C)(C)C. The molecule has 1 heterocycles. The molecule has 0 aromatic heterocycles. The van der Waals surface area contributed by atoms with Gasteiger partial charge in [0, 0.05) is 0 Å². The first kappa shape index (κ1) is 25.0. The molecule has 9 heteroatoms. The van der Waals surface area contributed by atoms with Gasteiger partial charge in [-0.3, -0.25) is 0 Å². The Morgan fingerprint density at radius 1 is 1.19 bits per heavy atom. The molecule has 2 rings (SSSR count). The van der Waals surface area contributed by atoms with Crippen LogP contribution < -0.4 is 10.1 Å². The van der Waals surface area contributed by atoms with Crippen molar-refractivity contribution in [3.63, 3.8) is 0 Å². The molecule has 0 radical (unpaired) electrons. The Labute approximate surface area is 190 Å². The second-order valence-electron chi connectivity index (χ2n) is 8.27. The van der Waals surface area contributed by atoms with Crippen molar-refractivity contribution in [2.45, 2.75) is 61.9 Å². The Morgan fingerprint density at radius 2 is 1.87 bits per heavy atom. The number of methoxy groups -OCH3 is 2. The van der Waals surface area contributed by atoms with Gasteiger partial charge in [-0.1, -0.05) is 0 Å². The van der Waals surface area contributed by atoms with Gasteiger partial charge < -0.3 is 0 Å². The zero-order chi connectivity index (χ0) is 23.0. The fraction of sp³-hybridized carbons (Fsp3) is 0.591. The third kappa shape index (κ3) is 7.74. The van der Waals surface area contributed by atoms with Gasteiger partial charge >= 0.3 is 190 Å². The fourth-order valence-electron chi connectivity index (χ4n) is 3.25. The minimum atomic E-state index is -0.752. The monoisotopic (exact) mass is 500 g/mol. The van der Waals surface area contributed by atoms with Crippen molar-refractivity contribution < 1.29 is 28.6 Å². The van der Waals surface area contributed by atoms with Gasteiger partial charge in [0.05, 0.1) is 0 Å². The van der Waals surface area contributed by atoms with Gasteiger partial charge in [0.15, 0.2) is 0 Å². The summed E-state index contributed by atoms with van der Waals surface area (Å²) in [6, 6.07) is 6.43. The van der Waals surface area contributed by atoms with E-state index in [1.54, 1.807) is 27.9 Å². The Kier molecular flexibility index (Phi) is 9.19. The maximum atomic E-state index is 13.2. The molecule has 0 aliphatic carbocycles. The first-order chi connectivity index (χ1) is 14.6. The summed E-state index contributed by atoms with van der Waals surface area (Å²) in [6.45, 7) is 5.77. The van der Waals surface area contributed by atoms with Crippen LogP contribution in [0.2, 0.25) is 5.32 Å². The molecule has 1 saturated heterocycles. The Hall–Kier alpha value is -2.25. The van der Waals surface area contributed by atoms with Gasteiger partial charge in [0.2, 0.25) is 0 Å². The first-order valence-electron chi connectivity index (χ1n) is 10.2. The van der Waals surface area contributed by atoms with Crippen molar-refractivity contribution in [3.8, 4) is 5.75 Å². The maximum absolute atomic E-state index is 13.2. The van der Waals surface area contributed by atoms with E-state index in [4.69, 9.17) is 14.2 Å². The predicted molar refractivity (Wildman–Crippen MR) is 117 cm³/mol. The molecule has 0 saturated carbocycles. The number of carbonyl (C=O) groups is 3. The number of hydrogen-bond donors (Lipinski definition) is 1. The number of amides is 2. The summed E-state index contributed by atoms with van der Waals surface area (Å²) in [6.07, 6.45) is 0.649. The third-order valence-electron chi connectivity index (χ3n) is 4.71. The molecule has 2 atom stereocenters. The quantitative estimate of drug-likeness (QED) is 0.436. The van der Waals surface area contributed by atoms with Crippen molar-refractivity contribution >= 4 is 32.9 Å². The van der Waals surface area contributed by atoms with Crippen LogP contribution in [-0.4, -0.2) is 76.3 Å². The van der Waals surface area contributed by atoms with E-state index in [-0.39, 0.29) is 20.9 Å². The standard InChI is InChI=1S/C22H32N2O6Se/c1-22(2,3)30-21(27)23-17(14-31-13-15-8-10-16(28-4)11-9-15)19(25)24-12-6-7-18(24)20(26)29-5/h8-11,17-18H,6-7,12-14H2,1-5H3,(H,23,27)/t17-,18+/m1/s1. The second-order valence-corrected chi connectivity index (χ2v) is 10.4. The Bertz CT molecular complexity index is 762. The Morgan fingerprint density at radius 3 is 2.45 bits per heavy atom. The molecule has 8 nitrogen and oxygen atoms in total. The van der Waals surface area contributed by atoms with Crippen molar-refractivity contribution in [1.82, 2.24) is 10.2 Å². The van der Waals surface area contributed by atoms with Gasteiger partial charge in [-0.15, -0.1) is 0 Å². The zero-order valence-electron chi connectivity index (χ0n) is 18.8. The number of rotatable bonds is 8. The van der Waals surface area contributed by atoms with E-state index in [1.807, 2.05) is 24.3 Å². The second kappa shape index (κ2) is 11.4. The summed E-state index contributed by atoms with van der Waals surface area (Å²) in [4.78, 5) is 39.2. The summed E-state index contributed by atoms with van der Waals surface area (Å²) in [7, 11) is 2.94.